The lowest BCUT2D eigenvalue weighted by Crippen LogP contribution is -2.06. The van der Waals surface area contributed by atoms with Crippen molar-refractivity contribution >= 4 is 27.4 Å². The summed E-state index contributed by atoms with van der Waals surface area (Å²) in [6.07, 6.45) is -0.194. The highest BCUT2D eigenvalue weighted by Crippen LogP contribution is 2.22. The summed E-state index contributed by atoms with van der Waals surface area (Å²) in [6.45, 7) is 0. The van der Waals surface area contributed by atoms with Crippen molar-refractivity contribution in [3.8, 4) is 0 Å². The molecule has 0 heterocycles. The minimum Gasteiger partial charge on any atom is -0.398 e. The average Bonchev–Trinajstić information content (AvgIpc) is 2.37. The molecule has 19 heavy (non-hydrogen) atoms. The minimum atomic E-state index is -0.593. The number of hydrogen-bond donors (Lipinski definition) is 1. The highest BCUT2D eigenvalue weighted by atomic mass is 79.9. The van der Waals surface area contributed by atoms with Gasteiger partial charge in [0, 0.05) is 22.1 Å². The van der Waals surface area contributed by atoms with Crippen LogP contribution >= 0.6 is 15.9 Å². The van der Waals surface area contributed by atoms with Crippen LogP contribution in [0.3, 0.4) is 0 Å². The van der Waals surface area contributed by atoms with Gasteiger partial charge in [0.1, 0.15) is 11.6 Å². The minimum absolute atomic E-state index is 0.0398. The lowest BCUT2D eigenvalue weighted by Gasteiger charge is -2.05. The van der Waals surface area contributed by atoms with Crippen molar-refractivity contribution in [3.05, 3.63) is 63.6 Å². The molecule has 0 unspecified atom stereocenters. The molecule has 0 bridgehead atoms. The van der Waals surface area contributed by atoms with Crippen molar-refractivity contribution in [3.63, 3.8) is 0 Å². The Morgan fingerprint density at radius 1 is 1.16 bits per heavy atom. The first kappa shape index (κ1) is 13.7. The number of anilines is 1. The third kappa shape index (κ3) is 3.17. The maximum Gasteiger partial charge on any atom is 0.167 e. The Balaban J connectivity index is 2.25. The summed E-state index contributed by atoms with van der Waals surface area (Å²) in [5, 5.41) is 0. The van der Waals surface area contributed by atoms with E-state index in [1.54, 1.807) is 18.2 Å². The summed E-state index contributed by atoms with van der Waals surface area (Å²) in [5.41, 5.74) is 6.56. The summed E-state index contributed by atoms with van der Waals surface area (Å²) in [4.78, 5) is 12.0. The summed E-state index contributed by atoms with van der Waals surface area (Å²) in [5.74, 6) is -1.46. The van der Waals surface area contributed by atoms with Crippen LogP contribution in [-0.2, 0) is 6.42 Å². The van der Waals surface area contributed by atoms with E-state index in [2.05, 4.69) is 15.9 Å². The molecule has 0 aromatic heterocycles. The van der Waals surface area contributed by atoms with Crippen molar-refractivity contribution in [2.75, 3.05) is 5.73 Å². The van der Waals surface area contributed by atoms with Crippen LogP contribution in [0.4, 0.5) is 14.5 Å². The molecule has 2 aromatic rings. The first-order valence-corrected chi connectivity index (χ1v) is 6.29. The van der Waals surface area contributed by atoms with Gasteiger partial charge in [-0.2, -0.15) is 0 Å². The summed E-state index contributed by atoms with van der Waals surface area (Å²) < 4.78 is 27.1. The van der Waals surface area contributed by atoms with Crippen molar-refractivity contribution < 1.29 is 13.6 Å². The third-order valence-electron chi connectivity index (χ3n) is 2.68. The molecule has 98 valence electrons. The van der Waals surface area contributed by atoms with E-state index in [0.29, 0.717) is 15.7 Å². The monoisotopic (exact) mass is 325 g/mol. The van der Waals surface area contributed by atoms with E-state index in [-0.39, 0.29) is 17.8 Å². The van der Waals surface area contributed by atoms with Crippen molar-refractivity contribution in [1.82, 2.24) is 0 Å². The van der Waals surface area contributed by atoms with Crippen LogP contribution < -0.4 is 5.73 Å². The molecule has 0 aliphatic rings. The fourth-order valence-electron chi connectivity index (χ4n) is 1.65. The van der Waals surface area contributed by atoms with Crippen LogP contribution in [-0.4, -0.2) is 5.78 Å². The van der Waals surface area contributed by atoms with Gasteiger partial charge in [0.25, 0.3) is 0 Å². The zero-order chi connectivity index (χ0) is 14.0. The Labute approximate surface area is 117 Å². The van der Waals surface area contributed by atoms with E-state index in [4.69, 9.17) is 5.73 Å². The van der Waals surface area contributed by atoms with Gasteiger partial charge in [0.05, 0.1) is 0 Å². The van der Waals surface area contributed by atoms with Gasteiger partial charge < -0.3 is 5.73 Å². The maximum atomic E-state index is 13.4. The number of carbonyl (C=O) groups is 1. The topological polar surface area (TPSA) is 43.1 Å². The molecular weight excluding hydrogens is 316 g/mol. The number of ketones is 1. The van der Waals surface area contributed by atoms with Gasteiger partial charge in [-0.1, -0.05) is 0 Å². The van der Waals surface area contributed by atoms with Crippen LogP contribution in [0.25, 0.3) is 0 Å². The molecule has 0 amide bonds. The first-order valence-electron chi connectivity index (χ1n) is 5.49. The number of nitrogens with two attached hydrogens (primary N) is 1. The van der Waals surface area contributed by atoms with E-state index in [1.165, 1.54) is 0 Å². The molecule has 0 saturated carbocycles. The molecule has 2 rings (SSSR count). The van der Waals surface area contributed by atoms with Gasteiger partial charge in [0.15, 0.2) is 5.78 Å². The molecule has 2 nitrogen and oxygen atoms in total. The SMILES string of the molecule is Nc1ccc(C(=O)Cc2cc(F)ccc2F)cc1Br. The molecule has 0 radical (unpaired) electrons. The van der Waals surface area contributed by atoms with Crippen LogP contribution in [0.2, 0.25) is 0 Å². The van der Waals surface area contributed by atoms with Crippen molar-refractivity contribution in [2.24, 2.45) is 0 Å². The second-order valence-electron chi connectivity index (χ2n) is 4.07. The van der Waals surface area contributed by atoms with Crippen molar-refractivity contribution in [1.29, 1.82) is 0 Å². The quantitative estimate of drug-likeness (QED) is 0.690. The van der Waals surface area contributed by atoms with Crippen LogP contribution in [0.1, 0.15) is 15.9 Å². The lowest BCUT2D eigenvalue weighted by molar-refractivity contribution is 0.0991. The first-order chi connectivity index (χ1) is 8.97. The van der Waals surface area contributed by atoms with Gasteiger partial charge in [-0.25, -0.2) is 8.78 Å². The van der Waals surface area contributed by atoms with E-state index < -0.39 is 11.6 Å². The Morgan fingerprint density at radius 3 is 2.58 bits per heavy atom. The standard InChI is InChI=1S/C14H10BrF2NO/c15-11-6-8(1-4-13(11)18)14(19)7-9-5-10(16)2-3-12(9)17/h1-6H,7,18H2. The fraction of sp³-hybridized carbons (Fsp3) is 0.0714. The Morgan fingerprint density at radius 2 is 1.89 bits per heavy atom. The Bertz CT molecular complexity index is 643. The lowest BCUT2D eigenvalue weighted by atomic mass is 10.0. The number of Topliss-reactive ketones (excluding diaryl/α,β-unsaturated/α-hetero) is 1. The summed E-state index contributed by atoms with van der Waals surface area (Å²) in [6, 6.07) is 7.76. The van der Waals surface area contributed by atoms with Gasteiger partial charge in [0.2, 0.25) is 0 Å². The molecular formula is C14H10BrF2NO. The fourth-order valence-corrected chi connectivity index (χ4v) is 2.03. The Hall–Kier alpha value is -1.75. The molecule has 2 N–H and O–H groups in total. The number of nitrogen functional groups attached to an aromatic ring is 1. The molecule has 0 saturated heterocycles. The molecule has 0 fully saturated rings. The number of carbonyl (C=O) groups excluding carboxylic acids is 1. The third-order valence-corrected chi connectivity index (χ3v) is 3.37. The van der Waals surface area contributed by atoms with Gasteiger partial charge in [-0.05, 0) is 57.9 Å². The normalized spacial score (nSPS) is 10.5. The van der Waals surface area contributed by atoms with Gasteiger partial charge in [-0.3, -0.25) is 4.79 Å². The number of hydrogen-bond acceptors (Lipinski definition) is 2. The summed E-state index contributed by atoms with van der Waals surface area (Å²) in [7, 11) is 0. The predicted octanol–water partition coefficient (Wildman–Crippen LogP) is 3.73. The van der Waals surface area contributed by atoms with Crippen LogP contribution in [0.15, 0.2) is 40.9 Å². The zero-order valence-corrected chi connectivity index (χ0v) is 11.4. The van der Waals surface area contributed by atoms with E-state index in [1.807, 2.05) is 0 Å². The highest BCUT2D eigenvalue weighted by Gasteiger charge is 2.12. The summed E-state index contributed by atoms with van der Waals surface area (Å²) >= 11 is 3.21. The molecule has 2 aromatic carbocycles. The molecule has 0 spiro atoms. The van der Waals surface area contributed by atoms with Gasteiger partial charge in [-0.15, -0.1) is 0 Å². The van der Waals surface area contributed by atoms with Crippen LogP contribution in [0, 0.1) is 11.6 Å². The smallest absolute Gasteiger partial charge is 0.167 e. The predicted molar refractivity (Wildman–Crippen MR) is 72.9 cm³/mol. The largest absolute Gasteiger partial charge is 0.398 e. The molecule has 0 aliphatic carbocycles. The molecule has 5 heteroatoms. The Kier molecular flexibility index (Phi) is 3.95. The number of halogens is 3. The zero-order valence-electron chi connectivity index (χ0n) is 9.79. The average molecular weight is 326 g/mol. The second kappa shape index (κ2) is 5.48. The molecule has 0 aliphatic heterocycles. The highest BCUT2D eigenvalue weighted by molar-refractivity contribution is 9.10. The second-order valence-corrected chi connectivity index (χ2v) is 4.93. The maximum absolute atomic E-state index is 13.4. The van der Waals surface area contributed by atoms with E-state index >= 15 is 0 Å². The van der Waals surface area contributed by atoms with Crippen LogP contribution in [0.5, 0.6) is 0 Å². The number of benzene rings is 2. The van der Waals surface area contributed by atoms with Gasteiger partial charge >= 0.3 is 0 Å². The van der Waals surface area contributed by atoms with E-state index in [9.17, 15) is 13.6 Å². The number of rotatable bonds is 3. The van der Waals surface area contributed by atoms with E-state index in [0.717, 1.165) is 18.2 Å². The van der Waals surface area contributed by atoms with Crippen molar-refractivity contribution in [2.45, 2.75) is 6.42 Å². The molecule has 0 atom stereocenters.